The number of aliphatic imine (C=N–C) groups is 1. The molecule has 0 saturated heterocycles. The molecule has 1 fully saturated rings. The van der Waals surface area contributed by atoms with E-state index in [1.807, 2.05) is 31.2 Å². The lowest BCUT2D eigenvalue weighted by Crippen LogP contribution is -2.47. The quantitative estimate of drug-likeness (QED) is 0.562. The molecular weight excluding hydrogens is 278 g/mol. The van der Waals surface area contributed by atoms with Gasteiger partial charge in [0.25, 0.3) is 0 Å². The molecule has 0 radical (unpaired) electrons. The molecular formula is C16H29N5O. The van der Waals surface area contributed by atoms with Crippen molar-refractivity contribution in [3.05, 3.63) is 18.0 Å². The van der Waals surface area contributed by atoms with Crippen molar-refractivity contribution in [3.8, 4) is 0 Å². The van der Waals surface area contributed by atoms with E-state index < -0.39 is 0 Å². The molecule has 0 unspecified atom stereocenters. The molecule has 1 aromatic rings. The largest absolute Gasteiger partial charge is 0.385 e. The zero-order valence-electron chi connectivity index (χ0n) is 14.1. The summed E-state index contributed by atoms with van der Waals surface area (Å²) >= 11 is 0. The van der Waals surface area contributed by atoms with Crippen molar-refractivity contribution in [2.45, 2.75) is 32.1 Å². The minimum Gasteiger partial charge on any atom is -0.385 e. The van der Waals surface area contributed by atoms with Crippen molar-refractivity contribution in [1.82, 2.24) is 20.4 Å². The smallest absolute Gasteiger partial charge is 0.191 e. The van der Waals surface area contributed by atoms with Crippen LogP contribution in [0.4, 0.5) is 0 Å². The number of guanidine groups is 1. The first-order valence-corrected chi connectivity index (χ1v) is 8.08. The molecule has 2 N–H and O–H groups in total. The summed E-state index contributed by atoms with van der Waals surface area (Å²) in [7, 11) is 5.54. The Kier molecular flexibility index (Phi) is 6.24. The van der Waals surface area contributed by atoms with E-state index in [4.69, 9.17) is 4.74 Å². The number of hydrogen-bond acceptors (Lipinski definition) is 3. The molecule has 1 heterocycles. The zero-order valence-corrected chi connectivity index (χ0v) is 14.1. The SMILES string of the molecule is CN=C(NCCc1cnn(C)c1)NCC1(CCOC)CCC1. The van der Waals surface area contributed by atoms with Gasteiger partial charge in [-0.15, -0.1) is 0 Å². The average Bonchev–Trinajstić information content (AvgIpc) is 2.89. The lowest BCUT2D eigenvalue weighted by atomic mass is 9.67. The van der Waals surface area contributed by atoms with Crippen LogP contribution in [0.1, 0.15) is 31.2 Å². The van der Waals surface area contributed by atoms with Gasteiger partial charge in [0.2, 0.25) is 0 Å². The Balaban J connectivity index is 1.70. The number of rotatable bonds is 8. The first-order chi connectivity index (χ1) is 10.7. The summed E-state index contributed by atoms with van der Waals surface area (Å²) in [4.78, 5) is 4.31. The maximum atomic E-state index is 5.24. The predicted octanol–water partition coefficient (Wildman–Crippen LogP) is 1.33. The molecule has 0 aliphatic heterocycles. The standard InChI is InChI=1S/C16H29N5O/c1-17-15(18-9-5-14-11-20-21(2)12-14)19-13-16(6-4-7-16)8-10-22-3/h11-12H,4-10,13H2,1-3H3,(H2,17,18,19). The van der Waals surface area contributed by atoms with E-state index >= 15 is 0 Å². The zero-order chi connectivity index (χ0) is 15.8. The van der Waals surface area contributed by atoms with E-state index in [9.17, 15) is 0 Å². The highest BCUT2D eigenvalue weighted by Crippen LogP contribution is 2.43. The minimum absolute atomic E-state index is 0.400. The van der Waals surface area contributed by atoms with E-state index in [2.05, 4.69) is 20.7 Å². The molecule has 1 aliphatic rings. The molecule has 22 heavy (non-hydrogen) atoms. The Morgan fingerprint density at radius 1 is 1.45 bits per heavy atom. The summed E-state index contributed by atoms with van der Waals surface area (Å²) in [6, 6.07) is 0. The fourth-order valence-corrected chi connectivity index (χ4v) is 2.93. The van der Waals surface area contributed by atoms with Crippen LogP contribution in [-0.4, -0.2) is 49.6 Å². The van der Waals surface area contributed by atoms with E-state index in [-0.39, 0.29) is 0 Å². The number of nitrogens with one attached hydrogen (secondary N) is 2. The van der Waals surface area contributed by atoms with Crippen molar-refractivity contribution in [3.63, 3.8) is 0 Å². The normalized spacial score (nSPS) is 17.1. The summed E-state index contributed by atoms with van der Waals surface area (Å²) in [6.45, 7) is 2.67. The highest BCUT2D eigenvalue weighted by Gasteiger charge is 2.36. The van der Waals surface area contributed by atoms with Gasteiger partial charge in [-0.1, -0.05) is 6.42 Å². The van der Waals surface area contributed by atoms with E-state index in [1.165, 1.54) is 24.8 Å². The Morgan fingerprint density at radius 3 is 2.82 bits per heavy atom. The molecule has 0 amide bonds. The lowest BCUT2D eigenvalue weighted by Gasteiger charge is -2.42. The summed E-state index contributed by atoms with van der Waals surface area (Å²) in [6.07, 6.45) is 9.94. The van der Waals surface area contributed by atoms with Crippen LogP contribution in [0.5, 0.6) is 0 Å². The van der Waals surface area contributed by atoms with Crippen LogP contribution in [0.2, 0.25) is 0 Å². The van der Waals surface area contributed by atoms with E-state index in [1.54, 1.807) is 7.11 Å². The number of aryl methyl sites for hydroxylation is 1. The average molecular weight is 307 g/mol. The second-order valence-electron chi connectivity index (χ2n) is 6.22. The number of ether oxygens (including phenoxy) is 1. The van der Waals surface area contributed by atoms with Crippen molar-refractivity contribution in [1.29, 1.82) is 0 Å². The molecule has 1 aliphatic carbocycles. The molecule has 1 aromatic heterocycles. The molecule has 2 rings (SSSR count). The lowest BCUT2D eigenvalue weighted by molar-refractivity contribution is 0.0732. The van der Waals surface area contributed by atoms with Crippen LogP contribution in [-0.2, 0) is 18.2 Å². The number of hydrogen-bond donors (Lipinski definition) is 2. The van der Waals surface area contributed by atoms with Gasteiger partial charge in [-0.3, -0.25) is 9.67 Å². The predicted molar refractivity (Wildman–Crippen MR) is 89.1 cm³/mol. The second-order valence-corrected chi connectivity index (χ2v) is 6.22. The molecule has 1 saturated carbocycles. The first-order valence-electron chi connectivity index (χ1n) is 8.08. The van der Waals surface area contributed by atoms with Gasteiger partial charge in [0, 0.05) is 47.1 Å². The monoisotopic (exact) mass is 307 g/mol. The third-order valence-electron chi connectivity index (χ3n) is 4.57. The van der Waals surface area contributed by atoms with Crippen LogP contribution in [0, 0.1) is 5.41 Å². The van der Waals surface area contributed by atoms with Crippen molar-refractivity contribution in [2.24, 2.45) is 17.5 Å². The summed E-state index contributed by atoms with van der Waals surface area (Å²) in [5, 5.41) is 11.0. The van der Waals surface area contributed by atoms with Crippen LogP contribution in [0.3, 0.4) is 0 Å². The first kappa shape index (κ1) is 16.8. The number of methoxy groups -OCH3 is 1. The Hall–Kier alpha value is -1.56. The van der Waals surface area contributed by atoms with Gasteiger partial charge >= 0.3 is 0 Å². The molecule has 124 valence electrons. The maximum Gasteiger partial charge on any atom is 0.191 e. The topological polar surface area (TPSA) is 63.5 Å². The van der Waals surface area contributed by atoms with Crippen LogP contribution in [0.15, 0.2) is 17.4 Å². The maximum absolute atomic E-state index is 5.24. The number of aromatic nitrogens is 2. The molecule has 6 nitrogen and oxygen atoms in total. The third-order valence-corrected chi connectivity index (χ3v) is 4.57. The minimum atomic E-state index is 0.400. The van der Waals surface area contributed by atoms with Crippen LogP contribution in [0.25, 0.3) is 0 Å². The summed E-state index contributed by atoms with van der Waals surface area (Å²) < 4.78 is 7.07. The molecule has 0 atom stereocenters. The fourth-order valence-electron chi connectivity index (χ4n) is 2.93. The Morgan fingerprint density at radius 2 is 2.27 bits per heavy atom. The molecule has 6 heteroatoms. The molecule has 0 spiro atoms. The molecule has 0 aromatic carbocycles. The van der Waals surface area contributed by atoms with Crippen molar-refractivity contribution >= 4 is 5.96 Å². The highest BCUT2D eigenvalue weighted by atomic mass is 16.5. The highest BCUT2D eigenvalue weighted by molar-refractivity contribution is 5.79. The van der Waals surface area contributed by atoms with Crippen LogP contribution < -0.4 is 10.6 Å². The van der Waals surface area contributed by atoms with Crippen LogP contribution >= 0.6 is 0 Å². The second kappa shape index (κ2) is 8.17. The van der Waals surface area contributed by atoms with Gasteiger partial charge in [-0.25, -0.2) is 0 Å². The summed E-state index contributed by atoms with van der Waals surface area (Å²) in [5.41, 5.74) is 1.64. The van der Waals surface area contributed by atoms with Gasteiger partial charge in [0.15, 0.2) is 5.96 Å². The van der Waals surface area contributed by atoms with Gasteiger partial charge in [0.05, 0.1) is 6.20 Å². The van der Waals surface area contributed by atoms with E-state index in [0.29, 0.717) is 5.41 Å². The van der Waals surface area contributed by atoms with E-state index in [0.717, 1.165) is 38.5 Å². The summed E-state index contributed by atoms with van der Waals surface area (Å²) in [5.74, 6) is 0.882. The third kappa shape index (κ3) is 4.73. The number of nitrogens with zero attached hydrogens (tertiary/aromatic N) is 3. The van der Waals surface area contributed by atoms with Gasteiger partial charge in [-0.2, -0.15) is 5.10 Å². The Bertz CT molecular complexity index is 479. The van der Waals surface area contributed by atoms with Gasteiger partial charge in [-0.05, 0) is 36.7 Å². The van der Waals surface area contributed by atoms with Gasteiger partial charge < -0.3 is 15.4 Å². The van der Waals surface area contributed by atoms with Crippen molar-refractivity contribution in [2.75, 3.05) is 33.9 Å². The Labute approximate surface area is 133 Å². The van der Waals surface area contributed by atoms with Gasteiger partial charge in [0.1, 0.15) is 0 Å². The fraction of sp³-hybridized carbons (Fsp3) is 0.750. The molecule has 0 bridgehead atoms. The van der Waals surface area contributed by atoms with Crippen molar-refractivity contribution < 1.29 is 4.74 Å².